The van der Waals surface area contributed by atoms with Gasteiger partial charge in [-0.25, -0.2) is 0 Å². The minimum atomic E-state index is -0.690. The van der Waals surface area contributed by atoms with Crippen molar-refractivity contribution in [3.05, 3.63) is 27.7 Å². The van der Waals surface area contributed by atoms with E-state index < -0.39 is 5.41 Å². The second-order valence-electron chi connectivity index (χ2n) is 5.90. The number of nitrogens with one attached hydrogen (secondary N) is 1. The van der Waals surface area contributed by atoms with Gasteiger partial charge in [-0.2, -0.15) is 0 Å². The zero-order chi connectivity index (χ0) is 15.6. The Kier molecular flexibility index (Phi) is 5.04. The molecule has 0 aromatic heterocycles. The first kappa shape index (κ1) is 16.4. The van der Waals surface area contributed by atoms with Crippen molar-refractivity contribution >= 4 is 44.7 Å². The van der Waals surface area contributed by atoms with E-state index in [4.69, 9.17) is 18.0 Å². The number of hydrogen-bond acceptors (Lipinski definition) is 2. The van der Waals surface area contributed by atoms with Crippen LogP contribution in [0.25, 0.3) is 0 Å². The summed E-state index contributed by atoms with van der Waals surface area (Å²) in [5.41, 5.74) is 8.22. The van der Waals surface area contributed by atoms with Gasteiger partial charge in [0, 0.05) is 4.47 Å². The van der Waals surface area contributed by atoms with E-state index in [0.717, 1.165) is 53.4 Å². The van der Waals surface area contributed by atoms with Crippen LogP contribution in [0, 0.1) is 19.3 Å². The van der Waals surface area contributed by atoms with Crippen molar-refractivity contribution in [2.75, 3.05) is 5.32 Å². The highest BCUT2D eigenvalue weighted by Gasteiger charge is 2.42. The van der Waals surface area contributed by atoms with Gasteiger partial charge in [-0.05, 0) is 59.8 Å². The minimum absolute atomic E-state index is 0.0673. The van der Waals surface area contributed by atoms with Crippen molar-refractivity contribution in [1.82, 2.24) is 0 Å². The molecule has 5 heteroatoms. The third kappa shape index (κ3) is 3.29. The summed E-state index contributed by atoms with van der Waals surface area (Å²) in [4.78, 5) is 13.1. The summed E-state index contributed by atoms with van der Waals surface area (Å²) < 4.78 is 0.891. The lowest BCUT2D eigenvalue weighted by atomic mass is 9.73. The fraction of sp³-hybridized carbons (Fsp3) is 0.500. The first-order valence-corrected chi connectivity index (χ1v) is 8.45. The maximum atomic E-state index is 12.8. The van der Waals surface area contributed by atoms with Crippen LogP contribution < -0.4 is 11.1 Å². The van der Waals surface area contributed by atoms with Crippen LogP contribution in [0.15, 0.2) is 16.6 Å². The molecule has 0 unspecified atom stereocenters. The van der Waals surface area contributed by atoms with E-state index in [1.807, 2.05) is 19.9 Å². The molecule has 1 aliphatic rings. The zero-order valence-corrected chi connectivity index (χ0v) is 14.9. The van der Waals surface area contributed by atoms with Crippen molar-refractivity contribution in [1.29, 1.82) is 0 Å². The predicted molar refractivity (Wildman–Crippen MR) is 94.5 cm³/mol. The number of rotatable bonds is 3. The van der Waals surface area contributed by atoms with Crippen LogP contribution in [0.2, 0.25) is 0 Å². The van der Waals surface area contributed by atoms with Gasteiger partial charge in [0.2, 0.25) is 5.91 Å². The molecular weight excluding hydrogens is 348 g/mol. The van der Waals surface area contributed by atoms with Crippen molar-refractivity contribution < 1.29 is 4.79 Å². The maximum Gasteiger partial charge on any atom is 0.237 e. The van der Waals surface area contributed by atoms with Crippen LogP contribution in [0.1, 0.15) is 43.2 Å². The van der Waals surface area contributed by atoms with Crippen molar-refractivity contribution in [3.63, 3.8) is 0 Å². The summed E-state index contributed by atoms with van der Waals surface area (Å²) >= 11 is 8.74. The van der Waals surface area contributed by atoms with E-state index >= 15 is 0 Å². The van der Waals surface area contributed by atoms with E-state index in [1.54, 1.807) is 0 Å². The van der Waals surface area contributed by atoms with Gasteiger partial charge in [0.05, 0.1) is 16.1 Å². The van der Waals surface area contributed by atoms with Crippen LogP contribution in [-0.4, -0.2) is 10.9 Å². The van der Waals surface area contributed by atoms with Crippen LogP contribution in [-0.2, 0) is 4.79 Å². The molecule has 3 nitrogen and oxygen atoms in total. The number of aryl methyl sites for hydroxylation is 2. The van der Waals surface area contributed by atoms with Crippen LogP contribution >= 0.6 is 28.1 Å². The molecule has 1 fully saturated rings. The van der Waals surface area contributed by atoms with E-state index in [1.165, 1.54) is 0 Å². The lowest BCUT2D eigenvalue weighted by molar-refractivity contribution is -0.123. The predicted octanol–water partition coefficient (Wildman–Crippen LogP) is 4.24. The molecule has 0 atom stereocenters. The normalized spacial score (nSPS) is 17.3. The van der Waals surface area contributed by atoms with Crippen LogP contribution in [0.5, 0.6) is 0 Å². The molecule has 1 amide bonds. The molecule has 21 heavy (non-hydrogen) atoms. The summed E-state index contributed by atoms with van der Waals surface area (Å²) in [6.45, 7) is 4.02. The first-order chi connectivity index (χ1) is 9.86. The number of benzene rings is 1. The molecule has 114 valence electrons. The number of halogens is 1. The maximum absolute atomic E-state index is 12.8. The highest BCUT2D eigenvalue weighted by Crippen LogP contribution is 2.39. The smallest absolute Gasteiger partial charge is 0.237 e. The topological polar surface area (TPSA) is 55.1 Å². The van der Waals surface area contributed by atoms with Gasteiger partial charge in [-0.1, -0.05) is 37.5 Å². The van der Waals surface area contributed by atoms with Gasteiger partial charge in [0.15, 0.2) is 0 Å². The molecule has 1 aromatic carbocycles. The van der Waals surface area contributed by atoms with E-state index in [-0.39, 0.29) is 5.91 Å². The number of thiocarbonyl (C=S) groups is 1. The van der Waals surface area contributed by atoms with Gasteiger partial charge in [0.1, 0.15) is 0 Å². The van der Waals surface area contributed by atoms with E-state index in [2.05, 4.69) is 27.3 Å². The van der Waals surface area contributed by atoms with Gasteiger partial charge in [-0.3, -0.25) is 4.79 Å². The highest BCUT2D eigenvalue weighted by molar-refractivity contribution is 9.10. The van der Waals surface area contributed by atoms with Crippen molar-refractivity contribution in [2.45, 2.75) is 46.0 Å². The second-order valence-corrected chi connectivity index (χ2v) is 7.19. The third-order valence-corrected chi connectivity index (χ3v) is 5.30. The standard InChI is InChI=1S/C16H21BrN2OS/c1-10-8-11(2)13(12(17)9-10)19-15(20)16(14(18)21)6-4-3-5-7-16/h8-9H,3-7H2,1-2H3,(H2,18,21)(H,19,20). The Balaban J connectivity index is 2.30. The van der Waals surface area contributed by atoms with Crippen LogP contribution in [0.3, 0.4) is 0 Å². The summed E-state index contributed by atoms with van der Waals surface area (Å²) in [6, 6.07) is 4.05. The summed E-state index contributed by atoms with van der Waals surface area (Å²) in [5, 5.41) is 3.04. The number of amides is 1. The van der Waals surface area contributed by atoms with Crippen molar-refractivity contribution in [3.8, 4) is 0 Å². The SMILES string of the molecule is Cc1cc(C)c(NC(=O)C2(C(N)=S)CCCCC2)c(Br)c1. The zero-order valence-electron chi connectivity index (χ0n) is 12.5. The molecule has 2 rings (SSSR count). The Hall–Kier alpha value is -0.940. The number of carbonyl (C=O) groups is 1. The van der Waals surface area contributed by atoms with Gasteiger partial charge >= 0.3 is 0 Å². The molecule has 0 heterocycles. The summed E-state index contributed by atoms with van der Waals surface area (Å²) in [5.74, 6) is -0.0673. The fourth-order valence-electron chi connectivity index (χ4n) is 3.05. The Bertz CT molecular complexity index is 557. The molecule has 0 saturated heterocycles. The average molecular weight is 369 g/mol. The highest BCUT2D eigenvalue weighted by atomic mass is 79.9. The third-order valence-electron chi connectivity index (χ3n) is 4.28. The molecule has 0 aliphatic heterocycles. The minimum Gasteiger partial charge on any atom is -0.392 e. The first-order valence-electron chi connectivity index (χ1n) is 7.25. The number of nitrogens with two attached hydrogens (primary N) is 1. The molecule has 3 N–H and O–H groups in total. The summed E-state index contributed by atoms with van der Waals surface area (Å²) in [7, 11) is 0. The number of hydrogen-bond donors (Lipinski definition) is 2. The average Bonchev–Trinajstić information content (AvgIpc) is 2.43. The Morgan fingerprint density at radius 2 is 1.90 bits per heavy atom. The number of carbonyl (C=O) groups excluding carboxylic acids is 1. The Morgan fingerprint density at radius 3 is 2.43 bits per heavy atom. The largest absolute Gasteiger partial charge is 0.392 e. The van der Waals surface area contributed by atoms with Crippen molar-refractivity contribution in [2.24, 2.45) is 11.1 Å². The van der Waals surface area contributed by atoms with E-state index in [9.17, 15) is 4.79 Å². The monoisotopic (exact) mass is 368 g/mol. The van der Waals surface area contributed by atoms with Gasteiger partial charge in [-0.15, -0.1) is 0 Å². The van der Waals surface area contributed by atoms with E-state index in [0.29, 0.717) is 4.99 Å². The van der Waals surface area contributed by atoms with Gasteiger partial charge < -0.3 is 11.1 Å². The molecule has 1 aromatic rings. The molecule has 0 bridgehead atoms. The Labute approximate surface area is 139 Å². The lowest BCUT2D eigenvalue weighted by Crippen LogP contribution is -2.47. The molecule has 0 spiro atoms. The Morgan fingerprint density at radius 1 is 1.29 bits per heavy atom. The molecule has 1 aliphatic carbocycles. The van der Waals surface area contributed by atoms with Gasteiger partial charge in [0.25, 0.3) is 0 Å². The molecule has 0 radical (unpaired) electrons. The molecule has 1 saturated carbocycles. The second kappa shape index (κ2) is 6.44. The summed E-state index contributed by atoms with van der Waals surface area (Å²) in [6.07, 6.45) is 4.63. The number of anilines is 1. The molecular formula is C16H21BrN2OS. The van der Waals surface area contributed by atoms with Crippen LogP contribution in [0.4, 0.5) is 5.69 Å². The fourth-order valence-corrected chi connectivity index (χ4v) is 4.12. The quantitative estimate of drug-likeness (QED) is 0.784. The lowest BCUT2D eigenvalue weighted by Gasteiger charge is -2.35.